The molecule has 104 valence electrons. The Bertz CT molecular complexity index is 608. The molecule has 0 aliphatic heterocycles. The molecule has 0 bridgehead atoms. The lowest BCUT2D eigenvalue weighted by Gasteiger charge is -2.25. The Labute approximate surface area is 127 Å². The maximum atomic E-state index is 10.9. The van der Waals surface area contributed by atoms with Crippen LogP contribution in [0.15, 0.2) is 53.0 Å². The zero-order chi connectivity index (χ0) is 14.7. The highest BCUT2D eigenvalue weighted by atomic mass is 79.9. The van der Waals surface area contributed by atoms with Gasteiger partial charge in [0.25, 0.3) is 0 Å². The van der Waals surface area contributed by atoms with Crippen molar-refractivity contribution in [3.63, 3.8) is 0 Å². The summed E-state index contributed by atoms with van der Waals surface area (Å²) in [7, 11) is 4.02. The lowest BCUT2D eigenvalue weighted by atomic mass is 9.97. The van der Waals surface area contributed by atoms with Crippen LogP contribution in [0.3, 0.4) is 0 Å². The van der Waals surface area contributed by atoms with E-state index in [0.29, 0.717) is 5.56 Å². The molecule has 0 fully saturated rings. The van der Waals surface area contributed by atoms with Crippen LogP contribution in [-0.4, -0.2) is 30.1 Å². The number of carboxylic acid groups (broad SMARTS) is 1. The van der Waals surface area contributed by atoms with E-state index in [1.807, 2.05) is 38.4 Å². The van der Waals surface area contributed by atoms with E-state index in [0.717, 1.165) is 15.6 Å². The molecule has 0 aliphatic rings. The molecule has 0 saturated carbocycles. The second-order valence-corrected chi connectivity index (χ2v) is 5.76. The number of rotatable bonds is 4. The van der Waals surface area contributed by atoms with Crippen molar-refractivity contribution < 1.29 is 9.90 Å². The monoisotopic (exact) mass is 333 g/mol. The van der Waals surface area contributed by atoms with Gasteiger partial charge in [0.05, 0.1) is 11.6 Å². The molecule has 1 N–H and O–H groups in total. The van der Waals surface area contributed by atoms with Crippen molar-refractivity contribution >= 4 is 21.9 Å². The van der Waals surface area contributed by atoms with Gasteiger partial charge >= 0.3 is 5.97 Å². The maximum Gasteiger partial charge on any atom is 0.335 e. The van der Waals surface area contributed by atoms with Gasteiger partial charge in [-0.15, -0.1) is 0 Å². The Morgan fingerprint density at radius 1 is 1.10 bits per heavy atom. The third-order valence-corrected chi connectivity index (χ3v) is 3.65. The van der Waals surface area contributed by atoms with Crippen LogP contribution in [0.25, 0.3) is 0 Å². The number of aromatic carboxylic acids is 1. The third-order valence-electron chi connectivity index (χ3n) is 3.15. The molecular formula is C16H16BrNO2. The van der Waals surface area contributed by atoms with Crippen molar-refractivity contribution in [2.75, 3.05) is 14.1 Å². The van der Waals surface area contributed by atoms with Crippen molar-refractivity contribution in [3.05, 3.63) is 69.7 Å². The van der Waals surface area contributed by atoms with E-state index in [-0.39, 0.29) is 6.04 Å². The minimum atomic E-state index is -0.902. The summed E-state index contributed by atoms with van der Waals surface area (Å²) in [5.74, 6) is -0.902. The molecule has 0 amide bonds. The number of halogens is 1. The standard InChI is InChI=1S/C16H16BrNO2/c1-18(2)15(13-4-3-5-14(17)10-13)11-6-8-12(9-7-11)16(19)20/h3-10,15H,1-2H3,(H,19,20). The summed E-state index contributed by atoms with van der Waals surface area (Å²) in [5, 5.41) is 8.96. The lowest BCUT2D eigenvalue weighted by molar-refractivity contribution is 0.0697. The summed E-state index contributed by atoms with van der Waals surface area (Å²) < 4.78 is 1.03. The molecule has 0 heterocycles. The largest absolute Gasteiger partial charge is 0.478 e. The van der Waals surface area contributed by atoms with E-state index in [2.05, 4.69) is 33.0 Å². The van der Waals surface area contributed by atoms with Gasteiger partial charge in [-0.05, 0) is 49.5 Å². The van der Waals surface area contributed by atoms with E-state index in [4.69, 9.17) is 5.11 Å². The molecule has 2 aromatic carbocycles. The van der Waals surface area contributed by atoms with E-state index in [9.17, 15) is 4.79 Å². The Hall–Kier alpha value is -1.65. The Morgan fingerprint density at radius 3 is 2.25 bits per heavy atom. The highest BCUT2D eigenvalue weighted by molar-refractivity contribution is 9.10. The number of hydrogen-bond acceptors (Lipinski definition) is 2. The third kappa shape index (κ3) is 3.26. The highest BCUT2D eigenvalue weighted by Gasteiger charge is 2.17. The molecule has 0 saturated heterocycles. The quantitative estimate of drug-likeness (QED) is 0.925. The SMILES string of the molecule is CN(C)C(c1ccc(C(=O)O)cc1)c1cccc(Br)c1. The van der Waals surface area contributed by atoms with Crippen molar-refractivity contribution in [2.24, 2.45) is 0 Å². The van der Waals surface area contributed by atoms with Crippen LogP contribution in [0.4, 0.5) is 0 Å². The summed E-state index contributed by atoms with van der Waals surface area (Å²) in [6.07, 6.45) is 0. The van der Waals surface area contributed by atoms with Crippen LogP contribution in [-0.2, 0) is 0 Å². The van der Waals surface area contributed by atoms with Crippen LogP contribution >= 0.6 is 15.9 Å². The summed E-state index contributed by atoms with van der Waals surface area (Å²) in [4.78, 5) is 13.0. The van der Waals surface area contributed by atoms with Crippen LogP contribution in [0, 0.1) is 0 Å². The van der Waals surface area contributed by atoms with Crippen molar-refractivity contribution in [3.8, 4) is 0 Å². The number of hydrogen-bond donors (Lipinski definition) is 1. The molecule has 0 radical (unpaired) electrons. The number of nitrogens with zero attached hydrogens (tertiary/aromatic N) is 1. The Morgan fingerprint density at radius 2 is 1.75 bits per heavy atom. The van der Waals surface area contributed by atoms with Crippen LogP contribution in [0.2, 0.25) is 0 Å². The maximum absolute atomic E-state index is 10.9. The van der Waals surface area contributed by atoms with Crippen molar-refractivity contribution in [2.45, 2.75) is 6.04 Å². The molecule has 20 heavy (non-hydrogen) atoms. The molecule has 4 heteroatoms. The van der Waals surface area contributed by atoms with Gasteiger partial charge in [0.2, 0.25) is 0 Å². The molecular weight excluding hydrogens is 318 g/mol. The van der Waals surface area contributed by atoms with Gasteiger partial charge in [-0.2, -0.15) is 0 Å². The van der Waals surface area contributed by atoms with Gasteiger partial charge in [-0.3, -0.25) is 4.90 Å². The Kier molecular flexibility index (Phi) is 4.57. The first kappa shape index (κ1) is 14.8. The molecule has 0 aromatic heterocycles. The van der Waals surface area contributed by atoms with Crippen molar-refractivity contribution in [1.29, 1.82) is 0 Å². The summed E-state index contributed by atoms with van der Waals surface area (Å²) in [5.41, 5.74) is 2.53. The van der Waals surface area contributed by atoms with Crippen LogP contribution < -0.4 is 0 Å². The first-order valence-corrected chi connectivity index (χ1v) is 7.03. The molecule has 0 aliphatic carbocycles. The first-order chi connectivity index (χ1) is 9.49. The molecule has 1 atom stereocenters. The van der Waals surface area contributed by atoms with Gasteiger partial charge < -0.3 is 5.11 Å². The fourth-order valence-electron chi connectivity index (χ4n) is 2.27. The van der Waals surface area contributed by atoms with Crippen LogP contribution in [0.5, 0.6) is 0 Å². The zero-order valence-electron chi connectivity index (χ0n) is 11.4. The minimum Gasteiger partial charge on any atom is -0.478 e. The normalized spacial score (nSPS) is 12.4. The minimum absolute atomic E-state index is 0.0929. The van der Waals surface area contributed by atoms with Gasteiger partial charge in [0.15, 0.2) is 0 Å². The average molecular weight is 334 g/mol. The van der Waals surface area contributed by atoms with E-state index < -0.39 is 5.97 Å². The van der Waals surface area contributed by atoms with Gasteiger partial charge in [0.1, 0.15) is 0 Å². The second kappa shape index (κ2) is 6.20. The van der Waals surface area contributed by atoms with E-state index >= 15 is 0 Å². The predicted molar refractivity (Wildman–Crippen MR) is 83.1 cm³/mol. The van der Waals surface area contributed by atoms with Gasteiger partial charge in [0, 0.05) is 4.47 Å². The molecule has 1 unspecified atom stereocenters. The topological polar surface area (TPSA) is 40.5 Å². The highest BCUT2D eigenvalue weighted by Crippen LogP contribution is 2.28. The molecule has 0 spiro atoms. The number of carboxylic acids is 1. The fourth-order valence-corrected chi connectivity index (χ4v) is 2.69. The van der Waals surface area contributed by atoms with E-state index in [1.165, 1.54) is 0 Å². The summed E-state index contributed by atoms with van der Waals surface area (Å²) in [6.45, 7) is 0. The zero-order valence-corrected chi connectivity index (χ0v) is 13.0. The molecule has 2 rings (SSSR count). The molecule has 3 nitrogen and oxygen atoms in total. The van der Waals surface area contributed by atoms with Gasteiger partial charge in [-0.1, -0.05) is 40.2 Å². The van der Waals surface area contributed by atoms with Gasteiger partial charge in [-0.25, -0.2) is 4.79 Å². The average Bonchev–Trinajstić information content (AvgIpc) is 2.39. The van der Waals surface area contributed by atoms with E-state index in [1.54, 1.807) is 12.1 Å². The first-order valence-electron chi connectivity index (χ1n) is 6.24. The number of carbonyl (C=O) groups is 1. The predicted octanol–water partition coefficient (Wildman–Crippen LogP) is 3.80. The van der Waals surface area contributed by atoms with Crippen molar-refractivity contribution in [1.82, 2.24) is 4.90 Å². The lowest BCUT2D eigenvalue weighted by Crippen LogP contribution is -2.21. The Balaban J connectivity index is 2.41. The van der Waals surface area contributed by atoms with Crippen LogP contribution in [0.1, 0.15) is 27.5 Å². The smallest absolute Gasteiger partial charge is 0.335 e. The fraction of sp³-hybridized carbons (Fsp3) is 0.188. The summed E-state index contributed by atoms with van der Waals surface area (Å²) >= 11 is 3.49. The number of benzene rings is 2. The summed E-state index contributed by atoms with van der Waals surface area (Å²) in [6, 6.07) is 15.3. The molecule has 2 aromatic rings. The second-order valence-electron chi connectivity index (χ2n) is 4.85.